The van der Waals surface area contributed by atoms with E-state index in [1.807, 2.05) is 0 Å². The van der Waals surface area contributed by atoms with E-state index in [9.17, 15) is 18.3 Å². The van der Waals surface area contributed by atoms with E-state index in [1.54, 1.807) is 0 Å². The summed E-state index contributed by atoms with van der Waals surface area (Å²) < 4.78 is 50.2. The van der Waals surface area contributed by atoms with Crippen LogP contribution in [-0.2, 0) is 4.74 Å². The number of hydrogen-bond acceptors (Lipinski definition) is 4. The lowest BCUT2D eigenvalue weighted by molar-refractivity contribution is -0.179. The fourth-order valence-electron chi connectivity index (χ4n) is 1.50. The maximum absolute atomic E-state index is 11.9. The molecule has 0 aromatic heterocycles. The first-order chi connectivity index (χ1) is 9.28. The van der Waals surface area contributed by atoms with Crippen molar-refractivity contribution in [2.24, 2.45) is 0 Å². The number of halogens is 4. The molecular weight excluding hydrogens is 301 g/mol. The number of methoxy groups -OCH3 is 2. The molecule has 0 spiro atoms. The fourth-order valence-corrected chi connectivity index (χ4v) is 1.78. The molecule has 1 N–H and O–H groups in total. The van der Waals surface area contributed by atoms with Crippen LogP contribution in [0.2, 0.25) is 5.02 Å². The van der Waals surface area contributed by atoms with E-state index >= 15 is 0 Å². The van der Waals surface area contributed by atoms with Crippen molar-refractivity contribution in [3.05, 3.63) is 22.7 Å². The summed E-state index contributed by atoms with van der Waals surface area (Å²) in [5, 5.41) is 9.95. The van der Waals surface area contributed by atoms with Gasteiger partial charge in [-0.1, -0.05) is 11.6 Å². The van der Waals surface area contributed by atoms with Gasteiger partial charge in [-0.3, -0.25) is 0 Å². The van der Waals surface area contributed by atoms with Crippen molar-refractivity contribution in [3.63, 3.8) is 0 Å². The lowest BCUT2D eigenvalue weighted by atomic mass is 10.1. The van der Waals surface area contributed by atoms with Crippen molar-refractivity contribution in [3.8, 4) is 11.5 Å². The average Bonchev–Trinajstić information content (AvgIpc) is 2.36. The van der Waals surface area contributed by atoms with Gasteiger partial charge in [-0.2, -0.15) is 13.2 Å². The van der Waals surface area contributed by atoms with Crippen LogP contribution in [0.15, 0.2) is 12.1 Å². The van der Waals surface area contributed by atoms with Crippen LogP contribution >= 0.6 is 11.6 Å². The second-order valence-corrected chi connectivity index (χ2v) is 4.28. The molecule has 1 unspecified atom stereocenters. The van der Waals surface area contributed by atoms with E-state index < -0.39 is 25.5 Å². The predicted molar refractivity (Wildman–Crippen MR) is 66.4 cm³/mol. The summed E-state index contributed by atoms with van der Waals surface area (Å²) in [6.07, 6.45) is -5.74. The van der Waals surface area contributed by atoms with Crippen molar-refractivity contribution < 1.29 is 32.5 Å². The monoisotopic (exact) mass is 314 g/mol. The van der Waals surface area contributed by atoms with Crippen molar-refractivity contribution >= 4 is 11.6 Å². The summed E-state index contributed by atoms with van der Waals surface area (Å²) in [7, 11) is 2.80. The van der Waals surface area contributed by atoms with Gasteiger partial charge in [-0.15, -0.1) is 0 Å². The van der Waals surface area contributed by atoms with Gasteiger partial charge in [-0.05, 0) is 6.07 Å². The van der Waals surface area contributed by atoms with E-state index in [1.165, 1.54) is 26.4 Å². The van der Waals surface area contributed by atoms with Gasteiger partial charge in [0.15, 0.2) is 11.5 Å². The van der Waals surface area contributed by atoms with Crippen LogP contribution in [0.5, 0.6) is 11.5 Å². The first-order valence-corrected chi connectivity index (χ1v) is 5.90. The molecule has 0 saturated heterocycles. The number of ether oxygens (including phenoxy) is 3. The zero-order chi connectivity index (χ0) is 15.3. The maximum atomic E-state index is 11.9. The largest absolute Gasteiger partial charge is 0.493 e. The minimum absolute atomic E-state index is 0.144. The van der Waals surface area contributed by atoms with Gasteiger partial charge in [-0.25, -0.2) is 0 Å². The Hall–Kier alpha value is -1.18. The Morgan fingerprint density at radius 2 is 1.75 bits per heavy atom. The van der Waals surface area contributed by atoms with E-state index in [0.29, 0.717) is 11.5 Å². The lowest BCUT2D eigenvalue weighted by Gasteiger charge is -2.16. The highest BCUT2D eigenvalue weighted by molar-refractivity contribution is 6.31. The van der Waals surface area contributed by atoms with Crippen LogP contribution < -0.4 is 9.47 Å². The number of alkyl halides is 3. The summed E-state index contributed by atoms with van der Waals surface area (Å²) in [5.41, 5.74) is 0.200. The Labute approximate surface area is 119 Å². The summed E-state index contributed by atoms with van der Waals surface area (Å²) in [5.74, 6) is 0.659. The number of rotatable bonds is 6. The lowest BCUT2D eigenvalue weighted by Crippen LogP contribution is -2.19. The van der Waals surface area contributed by atoms with Crippen molar-refractivity contribution in [1.82, 2.24) is 0 Å². The Morgan fingerprint density at radius 3 is 2.25 bits per heavy atom. The second kappa shape index (κ2) is 7.01. The minimum Gasteiger partial charge on any atom is -0.493 e. The fraction of sp³-hybridized carbons (Fsp3) is 0.500. The van der Waals surface area contributed by atoms with Gasteiger partial charge >= 0.3 is 6.18 Å². The third-order valence-corrected chi connectivity index (χ3v) is 2.73. The third-order valence-electron chi connectivity index (χ3n) is 2.40. The molecule has 1 rings (SSSR count). The van der Waals surface area contributed by atoms with Gasteiger partial charge in [0.25, 0.3) is 0 Å². The molecule has 0 aliphatic rings. The van der Waals surface area contributed by atoms with Gasteiger partial charge in [0, 0.05) is 11.6 Å². The molecule has 0 amide bonds. The highest BCUT2D eigenvalue weighted by atomic mass is 35.5. The zero-order valence-electron chi connectivity index (χ0n) is 10.8. The van der Waals surface area contributed by atoms with E-state index in [0.717, 1.165) is 0 Å². The van der Waals surface area contributed by atoms with Gasteiger partial charge in [0.05, 0.1) is 25.8 Å². The zero-order valence-corrected chi connectivity index (χ0v) is 11.6. The summed E-state index contributed by atoms with van der Waals surface area (Å²) >= 11 is 5.93. The number of aliphatic hydroxyl groups is 1. The summed E-state index contributed by atoms with van der Waals surface area (Å²) in [4.78, 5) is 0. The van der Waals surface area contributed by atoms with Gasteiger partial charge < -0.3 is 19.3 Å². The topological polar surface area (TPSA) is 47.9 Å². The molecule has 0 radical (unpaired) electrons. The Kier molecular flexibility index (Phi) is 5.91. The van der Waals surface area contributed by atoms with Crippen LogP contribution in [0.3, 0.4) is 0 Å². The Morgan fingerprint density at radius 1 is 1.20 bits per heavy atom. The van der Waals surface area contributed by atoms with Crippen molar-refractivity contribution in [1.29, 1.82) is 0 Å². The van der Waals surface area contributed by atoms with Crippen LogP contribution in [0.4, 0.5) is 13.2 Å². The minimum atomic E-state index is -4.44. The standard InChI is InChI=1S/C12H14ClF3O4/c1-18-10-3-7(8(13)4-11(10)19-2)9(17)5-20-6-12(14,15)16/h3-4,9,17H,5-6H2,1-2H3. The van der Waals surface area contributed by atoms with Crippen LogP contribution in [0.1, 0.15) is 11.7 Å². The molecule has 0 fully saturated rings. The number of aliphatic hydroxyl groups excluding tert-OH is 1. The highest BCUT2D eigenvalue weighted by Gasteiger charge is 2.28. The highest BCUT2D eigenvalue weighted by Crippen LogP contribution is 2.36. The second-order valence-electron chi connectivity index (χ2n) is 3.87. The molecule has 0 aliphatic carbocycles. The van der Waals surface area contributed by atoms with Crippen molar-refractivity contribution in [2.75, 3.05) is 27.4 Å². The van der Waals surface area contributed by atoms with Crippen LogP contribution in [0.25, 0.3) is 0 Å². The molecule has 0 saturated carbocycles. The number of benzene rings is 1. The molecule has 1 atom stereocenters. The quantitative estimate of drug-likeness (QED) is 0.877. The summed E-state index contributed by atoms with van der Waals surface area (Å²) in [6, 6.07) is 2.80. The normalized spacial score (nSPS) is 13.2. The maximum Gasteiger partial charge on any atom is 0.411 e. The first kappa shape index (κ1) is 16.9. The predicted octanol–water partition coefficient (Wildman–Crippen LogP) is 2.97. The molecule has 8 heteroatoms. The molecule has 114 valence electrons. The van der Waals surface area contributed by atoms with Crippen LogP contribution in [-0.4, -0.2) is 38.7 Å². The molecule has 0 heterocycles. The van der Waals surface area contributed by atoms with E-state index in [-0.39, 0.29) is 10.6 Å². The van der Waals surface area contributed by atoms with Crippen LogP contribution in [0, 0.1) is 0 Å². The molecule has 0 aliphatic heterocycles. The summed E-state index contributed by atoms with van der Waals surface area (Å²) in [6.45, 7) is -1.97. The molecule has 4 nitrogen and oxygen atoms in total. The molecule has 0 bridgehead atoms. The molecule has 1 aromatic carbocycles. The molecule has 20 heavy (non-hydrogen) atoms. The number of hydrogen-bond donors (Lipinski definition) is 1. The third kappa shape index (κ3) is 4.73. The molecule has 1 aromatic rings. The van der Waals surface area contributed by atoms with E-state index in [2.05, 4.69) is 4.74 Å². The Balaban J connectivity index is 2.79. The van der Waals surface area contributed by atoms with E-state index in [4.69, 9.17) is 21.1 Å². The SMILES string of the molecule is COc1cc(Cl)c(C(O)COCC(F)(F)F)cc1OC. The van der Waals surface area contributed by atoms with Gasteiger partial charge in [0.1, 0.15) is 12.7 Å². The van der Waals surface area contributed by atoms with Gasteiger partial charge in [0.2, 0.25) is 0 Å². The molecular formula is C12H14ClF3O4. The van der Waals surface area contributed by atoms with Crippen molar-refractivity contribution in [2.45, 2.75) is 12.3 Å². The average molecular weight is 315 g/mol. The Bertz CT molecular complexity index is 451. The first-order valence-electron chi connectivity index (χ1n) is 5.52. The smallest absolute Gasteiger partial charge is 0.411 e.